The van der Waals surface area contributed by atoms with Gasteiger partial charge in [-0.15, -0.1) is 0 Å². The highest BCUT2D eigenvalue weighted by Crippen LogP contribution is 2.27. The average molecular weight is 441 g/mol. The fraction of sp³-hybridized carbons (Fsp3) is 0.579. The fourth-order valence-electron chi connectivity index (χ4n) is 3.92. The van der Waals surface area contributed by atoms with Crippen molar-refractivity contribution in [1.29, 1.82) is 0 Å². The number of nitrogens with zero attached hydrogens (tertiary/aromatic N) is 2. The zero-order chi connectivity index (χ0) is 21.2. The molecule has 2 aliphatic rings. The van der Waals surface area contributed by atoms with Crippen molar-refractivity contribution in [2.75, 3.05) is 25.0 Å². The molecule has 3 N–H and O–H groups in total. The van der Waals surface area contributed by atoms with Gasteiger partial charge in [0.1, 0.15) is 6.61 Å². The Hall–Kier alpha value is -1.91. The summed E-state index contributed by atoms with van der Waals surface area (Å²) in [5.74, 6) is 0.509. The molecule has 0 radical (unpaired) electrons. The summed E-state index contributed by atoms with van der Waals surface area (Å²) >= 11 is 5.51. The highest BCUT2D eigenvalue weighted by Gasteiger charge is 2.39. The number of hydrogen-bond donors (Lipinski definition) is 2. The molecule has 3 rings (SSSR count). The second-order valence-corrected chi connectivity index (χ2v) is 9.93. The van der Waals surface area contributed by atoms with Gasteiger partial charge in [0.25, 0.3) is 0 Å². The molecule has 29 heavy (non-hydrogen) atoms. The van der Waals surface area contributed by atoms with Gasteiger partial charge in [0.05, 0.1) is 10.9 Å². The number of nitrogens with two attached hydrogens (primary N) is 1. The molecule has 1 aromatic carbocycles. The van der Waals surface area contributed by atoms with Gasteiger partial charge in [-0.2, -0.15) is 0 Å². The smallest absolute Gasteiger partial charge is 0.410 e. The van der Waals surface area contributed by atoms with Crippen LogP contribution in [0.3, 0.4) is 0 Å². The highest BCUT2D eigenvalue weighted by molar-refractivity contribution is 7.89. The summed E-state index contributed by atoms with van der Waals surface area (Å²) in [5.41, 5.74) is 0.699. The van der Waals surface area contributed by atoms with Gasteiger partial charge < -0.3 is 15.0 Å². The van der Waals surface area contributed by atoms with Crippen LogP contribution in [0.1, 0.15) is 33.1 Å². The number of nitrogens with one attached hydrogen (secondary N) is 1. The number of cyclic esters (lactones) is 1. The summed E-state index contributed by atoms with van der Waals surface area (Å²) in [4.78, 5) is 16.3. The molecule has 0 bridgehead atoms. The van der Waals surface area contributed by atoms with Crippen molar-refractivity contribution >= 4 is 39.1 Å². The Morgan fingerprint density at radius 2 is 1.90 bits per heavy atom. The first-order valence-corrected chi connectivity index (χ1v) is 11.7. The zero-order valence-electron chi connectivity index (χ0n) is 16.7. The van der Waals surface area contributed by atoms with Crippen LogP contribution >= 0.6 is 12.2 Å². The molecule has 1 unspecified atom stereocenters. The van der Waals surface area contributed by atoms with E-state index in [2.05, 4.69) is 24.1 Å². The molecule has 2 aliphatic heterocycles. The predicted molar refractivity (Wildman–Crippen MR) is 115 cm³/mol. The maximum Gasteiger partial charge on any atom is 0.410 e. The average Bonchev–Trinajstić information content (AvgIpc) is 3.01. The van der Waals surface area contributed by atoms with E-state index in [0.717, 1.165) is 32.4 Å². The molecule has 2 saturated heterocycles. The number of thiocarbonyl (C=S) groups is 1. The van der Waals surface area contributed by atoms with Crippen molar-refractivity contribution in [2.45, 2.75) is 50.1 Å². The van der Waals surface area contributed by atoms with Crippen LogP contribution in [0.4, 0.5) is 10.5 Å². The first-order valence-electron chi connectivity index (χ1n) is 9.79. The van der Waals surface area contributed by atoms with Crippen LogP contribution in [-0.4, -0.2) is 61.2 Å². The van der Waals surface area contributed by atoms with E-state index in [1.165, 1.54) is 12.1 Å². The summed E-state index contributed by atoms with van der Waals surface area (Å²) in [6.07, 6.45) is 2.40. The second kappa shape index (κ2) is 8.85. The number of amides is 1. The summed E-state index contributed by atoms with van der Waals surface area (Å²) in [7, 11) is -3.71. The number of hydrogen-bond acceptors (Lipinski definition) is 5. The Morgan fingerprint density at radius 1 is 1.28 bits per heavy atom. The van der Waals surface area contributed by atoms with Gasteiger partial charge in [-0.25, -0.2) is 18.4 Å². The first-order chi connectivity index (χ1) is 13.6. The van der Waals surface area contributed by atoms with Crippen molar-refractivity contribution in [3.05, 3.63) is 24.3 Å². The lowest BCUT2D eigenvalue weighted by molar-refractivity contribution is 0.120. The molecule has 2 fully saturated rings. The lowest BCUT2D eigenvalue weighted by Gasteiger charge is -2.39. The number of ether oxygens (including phenoxy) is 1. The van der Waals surface area contributed by atoms with Gasteiger partial charge in [0, 0.05) is 24.8 Å². The molecule has 1 aromatic rings. The quantitative estimate of drug-likeness (QED) is 0.677. The number of anilines is 1. The van der Waals surface area contributed by atoms with Gasteiger partial charge in [0.2, 0.25) is 10.0 Å². The number of benzene rings is 1. The monoisotopic (exact) mass is 440 g/mol. The van der Waals surface area contributed by atoms with E-state index in [-0.39, 0.29) is 23.1 Å². The number of carbonyl (C=O) groups excluding carboxylic acids is 1. The normalized spacial score (nSPS) is 20.8. The lowest BCUT2D eigenvalue weighted by atomic mass is 9.98. The van der Waals surface area contributed by atoms with E-state index in [1.807, 2.05) is 4.90 Å². The third kappa shape index (κ3) is 5.37. The van der Waals surface area contributed by atoms with E-state index < -0.39 is 10.0 Å². The van der Waals surface area contributed by atoms with E-state index in [0.29, 0.717) is 23.3 Å². The lowest BCUT2D eigenvalue weighted by Crippen LogP contribution is -2.50. The van der Waals surface area contributed by atoms with Crippen molar-refractivity contribution in [2.24, 2.45) is 11.1 Å². The molecule has 0 aromatic heterocycles. The summed E-state index contributed by atoms with van der Waals surface area (Å²) < 4.78 is 28.0. The van der Waals surface area contributed by atoms with E-state index in [1.54, 1.807) is 12.1 Å². The SMILES string of the molecule is CC(C)CC1COC(=O)N1C1CCN(C(=S)Nc2ccc(S(N)(=O)=O)cc2)CC1. The molecule has 2 heterocycles. The van der Waals surface area contributed by atoms with Crippen LogP contribution in [0.15, 0.2) is 29.2 Å². The number of primary sulfonamides is 1. The van der Waals surface area contributed by atoms with Crippen molar-refractivity contribution in [1.82, 2.24) is 9.80 Å². The molecule has 0 spiro atoms. The Morgan fingerprint density at radius 3 is 2.45 bits per heavy atom. The standard InChI is InChI=1S/C19H28N4O4S2/c1-13(2)11-16-12-27-19(24)23(16)15-7-9-22(10-8-15)18(28)21-14-3-5-17(6-4-14)29(20,25)26/h3-6,13,15-16H,7-12H2,1-2H3,(H,21,28)(H2,20,25,26). The fourth-order valence-corrected chi connectivity index (χ4v) is 4.74. The van der Waals surface area contributed by atoms with Gasteiger partial charge in [-0.1, -0.05) is 13.8 Å². The summed E-state index contributed by atoms with van der Waals surface area (Å²) in [6, 6.07) is 6.48. The minimum Gasteiger partial charge on any atom is -0.447 e. The second-order valence-electron chi connectivity index (χ2n) is 7.99. The van der Waals surface area contributed by atoms with Crippen molar-refractivity contribution in [3.8, 4) is 0 Å². The van der Waals surface area contributed by atoms with Gasteiger partial charge in [-0.05, 0) is 61.7 Å². The maximum atomic E-state index is 12.2. The number of piperidine rings is 1. The molecule has 0 saturated carbocycles. The Balaban J connectivity index is 1.55. The van der Waals surface area contributed by atoms with Crippen molar-refractivity contribution < 1.29 is 17.9 Å². The number of sulfonamides is 1. The third-order valence-electron chi connectivity index (χ3n) is 5.33. The van der Waals surface area contributed by atoms with E-state index >= 15 is 0 Å². The van der Waals surface area contributed by atoms with Crippen LogP contribution in [-0.2, 0) is 14.8 Å². The Labute approximate surface area is 177 Å². The minimum atomic E-state index is -3.71. The number of likely N-dealkylation sites (tertiary alicyclic amines) is 1. The van der Waals surface area contributed by atoms with E-state index in [9.17, 15) is 13.2 Å². The van der Waals surface area contributed by atoms with Gasteiger partial charge in [0.15, 0.2) is 5.11 Å². The maximum absolute atomic E-state index is 12.2. The molecule has 10 heteroatoms. The molecule has 1 atom stereocenters. The van der Waals surface area contributed by atoms with Gasteiger partial charge >= 0.3 is 6.09 Å². The third-order valence-corrected chi connectivity index (χ3v) is 6.62. The molecular formula is C19H28N4O4S2. The Bertz CT molecular complexity index is 849. The summed E-state index contributed by atoms with van der Waals surface area (Å²) in [5, 5.41) is 8.83. The predicted octanol–water partition coefficient (Wildman–Crippen LogP) is 2.36. The molecule has 160 valence electrons. The molecule has 8 nitrogen and oxygen atoms in total. The number of rotatable bonds is 5. The van der Waals surface area contributed by atoms with Crippen LogP contribution in [0, 0.1) is 5.92 Å². The minimum absolute atomic E-state index is 0.0585. The molecule has 1 amide bonds. The van der Waals surface area contributed by atoms with Crippen LogP contribution in [0.2, 0.25) is 0 Å². The zero-order valence-corrected chi connectivity index (χ0v) is 18.3. The number of carbonyl (C=O) groups is 1. The molecular weight excluding hydrogens is 412 g/mol. The summed E-state index contributed by atoms with van der Waals surface area (Å²) in [6.45, 7) is 6.27. The van der Waals surface area contributed by atoms with Crippen LogP contribution in [0.5, 0.6) is 0 Å². The van der Waals surface area contributed by atoms with Crippen LogP contribution < -0.4 is 10.5 Å². The Kier molecular flexibility index (Phi) is 6.65. The van der Waals surface area contributed by atoms with E-state index in [4.69, 9.17) is 22.1 Å². The van der Waals surface area contributed by atoms with Crippen molar-refractivity contribution in [3.63, 3.8) is 0 Å². The molecule has 0 aliphatic carbocycles. The van der Waals surface area contributed by atoms with Gasteiger partial charge in [-0.3, -0.25) is 4.90 Å². The van der Waals surface area contributed by atoms with Crippen LogP contribution in [0.25, 0.3) is 0 Å². The highest BCUT2D eigenvalue weighted by atomic mass is 32.2. The largest absolute Gasteiger partial charge is 0.447 e. The first kappa shape index (κ1) is 21.8. The topological polar surface area (TPSA) is 105 Å².